The molecule has 0 radical (unpaired) electrons. The second kappa shape index (κ2) is 5.15. The van der Waals surface area contributed by atoms with Crippen LogP contribution in [0, 0.1) is 5.41 Å². The van der Waals surface area contributed by atoms with Gasteiger partial charge in [0.15, 0.2) is 0 Å². The maximum atomic E-state index is 12.2. The van der Waals surface area contributed by atoms with Gasteiger partial charge in [-0.3, -0.25) is 4.79 Å². The van der Waals surface area contributed by atoms with Crippen LogP contribution >= 0.6 is 0 Å². The lowest BCUT2D eigenvalue weighted by Crippen LogP contribution is -2.53. The van der Waals surface area contributed by atoms with Crippen LogP contribution in [0.3, 0.4) is 0 Å². The summed E-state index contributed by atoms with van der Waals surface area (Å²) in [5, 5.41) is 0. The number of carbonyl (C=O) groups excluding carboxylic acids is 1. The van der Waals surface area contributed by atoms with Gasteiger partial charge in [-0.15, -0.1) is 0 Å². The molecule has 1 amide bonds. The summed E-state index contributed by atoms with van der Waals surface area (Å²) < 4.78 is 5.30. The fourth-order valence-electron chi connectivity index (χ4n) is 1.90. The first-order chi connectivity index (χ1) is 7.36. The zero-order chi connectivity index (χ0) is 12.3. The van der Waals surface area contributed by atoms with Gasteiger partial charge in [0.2, 0.25) is 5.91 Å². The van der Waals surface area contributed by atoms with Crippen LogP contribution in [0.4, 0.5) is 0 Å². The van der Waals surface area contributed by atoms with Crippen molar-refractivity contribution >= 4 is 5.91 Å². The van der Waals surface area contributed by atoms with E-state index < -0.39 is 6.04 Å². The summed E-state index contributed by atoms with van der Waals surface area (Å²) >= 11 is 0. The maximum Gasteiger partial charge on any atom is 0.240 e. The molecule has 0 aromatic carbocycles. The van der Waals surface area contributed by atoms with Crippen molar-refractivity contribution in [3.8, 4) is 0 Å². The van der Waals surface area contributed by atoms with Crippen LogP contribution in [-0.2, 0) is 9.53 Å². The van der Waals surface area contributed by atoms with Gasteiger partial charge in [-0.25, -0.2) is 0 Å². The molecule has 0 saturated carbocycles. The summed E-state index contributed by atoms with van der Waals surface area (Å²) in [5.41, 5.74) is 5.80. The summed E-state index contributed by atoms with van der Waals surface area (Å²) in [6, 6.07) is -0.428. The molecule has 0 aromatic heterocycles. The molecular formula is C12H24N2O2. The van der Waals surface area contributed by atoms with Crippen LogP contribution < -0.4 is 5.73 Å². The van der Waals surface area contributed by atoms with E-state index in [-0.39, 0.29) is 17.4 Å². The topological polar surface area (TPSA) is 55.6 Å². The SMILES string of the molecule is COC1CCCN(C(=O)C(N)C(C)(C)C)C1. The van der Waals surface area contributed by atoms with Crippen LogP contribution in [-0.4, -0.2) is 43.2 Å². The highest BCUT2D eigenvalue weighted by Crippen LogP contribution is 2.21. The first-order valence-electron chi connectivity index (χ1n) is 5.93. The third kappa shape index (κ3) is 3.19. The number of hydrogen-bond donors (Lipinski definition) is 1. The van der Waals surface area contributed by atoms with Gasteiger partial charge >= 0.3 is 0 Å². The number of ether oxygens (including phenoxy) is 1. The molecule has 2 N–H and O–H groups in total. The van der Waals surface area contributed by atoms with Gasteiger partial charge in [-0.2, -0.15) is 0 Å². The number of methoxy groups -OCH3 is 1. The molecule has 16 heavy (non-hydrogen) atoms. The molecule has 2 unspecified atom stereocenters. The van der Waals surface area contributed by atoms with E-state index >= 15 is 0 Å². The number of rotatable bonds is 2. The third-order valence-electron chi connectivity index (χ3n) is 3.22. The zero-order valence-corrected chi connectivity index (χ0v) is 10.8. The van der Waals surface area contributed by atoms with E-state index in [4.69, 9.17) is 10.5 Å². The van der Waals surface area contributed by atoms with E-state index in [0.717, 1.165) is 19.4 Å². The van der Waals surface area contributed by atoms with E-state index in [0.29, 0.717) is 6.54 Å². The Hall–Kier alpha value is -0.610. The van der Waals surface area contributed by atoms with Crippen molar-refractivity contribution in [3.05, 3.63) is 0 Å². The predicted octanol–water partition coefficient (Wildman–Crippen LogP) is 0.997. The molecule has 1 heterocycles. The molecule has 0 bridgehead atoms. The van der Waals surface area contributed by atoms with Crippen molar-refractivity contribution in [3.63, 3.8) is 0 Å². The summed E-state index contributed by atoms with van der Waals surface area (Å²) in [6.45, 7) is 7.47. The van der Waals surface area contributed by atoms with Crippen molar-refractivity contribution in [2.24, 2.45) is 11.1 Å². The van der Waals surface area contributed by atoms with Gasteiger partial charge in [-0.05, 0) is 18.3 Å². The summed E-state index contributed by atoms with van der Waals surface area (Å²) in [6.07, 6.45) is 2.21. The lowest BCUT2D eigenvalue weighted by atomic mass is 9.86. The number of nitrogens with zero attached hydrogens (tertiary/aromatic N) is 1. The highest BCUT2D eigenvalue weighted by Gasteiger charge is 2.33. The minimum Gasteiger partial charge on any atom is -0.380 e. The van der Waals surface area contributed by atoms with Gasteiger partial charge in [0.1, 0.15) is 0 Å². The average Bonchev–Trinajstić information content (AvgIpc) is 2.26. The fourth-order valence-corrected chi connectivity index (χ4v) is 1.90. The summed E-state index contributed by atoms with van der Waals surface area (Å²) in [4.78, 5) is 14.0. The molecule has 4 heteroatoms. The van der Waals surface area contributed by atoms with Crippen molar-refractivity contribution in [1.29, 1.82) is 0 Å². The van der Waals surface area contributed by atoms with Crippen LogP contribution in [0.25, 0.3) is 0 Å². The molecule has 1 aliphatic heterocycles. The van der Waals surface area contributed by atoms with Crippen molar-refractivity contribution in [1.82, 2.24) is 4.90 Å². The second-order valence-corrected chi connectivity index (χ2v) is 5.63. The zero-order valence-electron chi connectivity index (χ0n) is 10.8. The number of nitrogens with two attached hydrogens (primary N) is 1. The molecule has 0 spiro atoms. The van der Waals surface area contributed by atoms with Gasteiger partial charge in [-0.1, -0.05) is 20.8 Å². The second-order valence-electron chi connectivity index (χ2n) is 5.63. The molecule has 1 aliphatic rings. The summed E-state index contributed by atoms with van der Waals surface area (Å²) in [5.74, 6) is 0.0502. The number of likely N-dealkylation sites (tertiary alicyclic amines) is 1. The van der Waals surface area contributed by atoms with E-state index in [1.54, 1.807) is 7.11 Å². The quantitative estimate of drug-likeness (QED) is 0.767. The number of piperidine rings is 1. The Labute approximate surface area is 98.1 Å². The van der Waals surface area contributed by atoms with Crippen LogP contribution in [0.15, 0.2) is 0 Å². The maximum absolute atomic E-state index is 12.2. The lowest BCUT2D eigenvalue weighted by Gasteiger charge is -2.36. The minimum absolute atomic E-state index is 0.0502. The lowest BCUT2D eigenvalue weighted by molar-refractivity contribution is -0.138. The van der Waals surface area contributed by atoms with Crippen LogP contribution in [0.1, 0.15) is 33.6 Å². The molecular weight excluding hydrogens is 204 g/mol. The van der Waals surface area contributed by atoms with Gasteiger partial charge in [0, 0.05) is 20.2 Å². The Kier molecular flexibility index (Phi) is 4.33. The Morgan fingerprint density at radius 3 is 2.62 bits per heavy atom. The van der Waals surface area contributed by atoms with Crippen molar-refractivity contribution in [2.45, 2.75) is 45.8 Å². The first kappa shape index (κ1) is 13.5. The highest BCUT2D eigenvalue weighted by atomic mass is 16.5. The van der Waals surface area contributed by atoms with Gasteiger partial charge in [0.05, 0.1) is 12.1 Å². The molecule has 4 nitrogen and oxygen atoms in total. The largest absolute Gasteiger partial charge is 0.380 e. The molecule has 2 atom stereocenters. The monoisotopic (exact) mass is 228 g/mol. The Morgan fingerprint density at radius 2 is 2.12 bits per heavy atom. The van der Waals surface area contributed by atoms with Crippen molar-refractivity contribution in [2.75, 3.05) is 20.2 Å². The average molecular weight is 228 g/mol. The highest BCUT2D eigenvalue weighted by molar-refractivity contribution is 5.82. The van der Waals surface area contributed by atoms with Crippen LogP contribution in [0.2, 0.25) is 0 Å². The Morgan fingerprint density at radius 1 is 1.50 bits per heavy atom. The molecule has 1 fully saturated rings. The van der Waals surface area contributed by atoms with E-state index in [9.17, 15) is 4.79 Å². The molecule has 94 valence electrons. The molecule has 0 aromatic rings. The van der Waals surface area contributed by atoms with E-state index in [1.807, 2.05) is 25.7 Å². The Balaban J connectivity index is 2.60. The normalized spacial score (nSPS) is 24.3. The third-order valence-corrected chi connectivity index (χ3v) is 3.22. The Bertz CT molecular complexity index is 248. The number of amides is 1. The smallest absolute Gasteiger partial charge is 0.240 e. The van der Waals surface area contributed by atoms with Crippen molar-refractivity contribution < 1.29 is 9.53 Å². The molecule has 1 rings (SSSR count). The van der Waals surface area contributed by atoms with Gasteiger partial charge < -0.3 is 15.4 Å². The first-order valence-corrected chi connectivity index (χ1v) is 5.93. The fraction of sp³-hybridized carbons (Fsp3) is 0.917. The standard InChI is InChI=1S/C12H24N2O2/c1-12(2,3)10(13)11(15)14-7-5-6-9(8-14)16-4/h9-10H,5-8,13H2,1-4H3. The summed E-state index contributed by atoms with van der Waals surface area (Å²) in [7, 11) is 1.70. The van der Waals surface area contributed by atoms with E-state index in [1.165, 1.54) is 0 Å². The molecule has 1 saturated heterocycles. The van der Waals surface area contributed by atoms with E-state index in [2.05, 4.69) is 0 Å². The number of carbonyl (C=O) groups is 1. The predicted molar refractivity (Wildman–Crippen MR) is 64.0 cm³/mol. The minimum atomic E-state index is -0.428. The van der Waals surface area contributed by atoms with Gasteiger partial charge in [0.25, 0.3) is 0 Å². The van der Waals surface area contributed by atoms with Crippen LogP contribution in [0.5, 0.6) is 0 Å². The molecule has 0 aliphatic carbocycles. The number of hydrogen-bond acceptors (Lipinski definition) is 3.